The maximum atomic E-state index is 0. The monoisotopic (exact) mass is 86.1 g/mol. The Morgan fingerprint density at radius 3 is 0.750 bits per heavy atom. The summed E-state index contributed by atoms with van der Waals surface area (Å²) in [6, 6.07) is 0. The van der Waals surface area contributed by atoms with Crippen molar-refractivity contribution in [3.05, 3.63) is 0 Å². The summed E-state index contributed by atoms with van der Waals surface area (Å²) >= 11 is 0. The maximum Gasteiger partial charge on any atom is 2.00 e. The third-order valence-corrected chi connectivity index (χ3v) is 0. The summed E-state index contributed by atoms with van der Waals surface area (Å²) in [6.45, 7) is 0. The molecule has 0 aromatic heterocycles. The zero-order valence-corrected chi connectivity index (χ0v) is 5.66. The van der Waals surface area contributed by atoms with E-state index in [0.29, 0.717) is 0 Å². The second-order valence-corrected chi connectivity index (χ2v) is 0. The summed E-state index contributed by atoms with van der Waals surface area (Å²) in [5.41, 5.74) is 0. The molecule has 4 heteroatoms. The Kier molecular flexibility index (Phi) is 322. The summed E-state index contributed by atoms with van der Waals surface area (Å²) in [6.07, 6.45) is 0. The fourth-order valence-corrected chi connectivity index (χ4v) is 0. The van der Waals surface area contributed by atoms with Gasteiger partial charge in [-0.05, 0) is 0 Å². The van der Waals surface area contributed by atoms with Crippen LogP contribution >= 0.6 is 0 Å². The van der Waals surface area contributed by atoms with Gasteiger partial charge in [-0.3, -0.25) is 0 Å². The van der Waals surface area contributed by atoms with Crippen LogP contribution in [0.25, 0.3) is 0 Å². The first-order valence-corrected chi connectivity index (χ1v) is 0. The third-order valence-electron chi connectivity index (χ3n) is 0. The van der Waals surface area contributed by atoms with E-state index in [4.69, 9.17) is 0 Å². The van der Waals surface area contributed by atoms with Crippen LogP contribution in [-0.2, 0) is 0 Å². The van der Waals surface area contributed by atoms with Crippen molar-refractivity contribution in [3.63, 3.8) is 0 Å². The van der Waals surface area contributed by atoms with E-state index in [0.717, 1.165) is 0 Å². The molecule has 0 aliphatic carbocycles. The molecule has 0 spiro atoms. The van der Waals surface area contributed by atoms with E-state index in [1.807, 2.05) is 0 Å². The van der Waals surface area contributed by atoms with Crippen molar-refractivity contribution in [1.29, 1.82) is 0 Å². The zero-order chi connectivity index (χ0) is 0. The van der Waals surface area contributed by atoms with E-state index in [2.05, 4.69) is 0 Å². The van der Waals surface area contributed by atoms with Gasteiger partial charge in [-0.2, -0.15) is 0 Å². The van der Waals surface area contributed by atoms with Crippen LogP contribution in [0, 0.1) is 0 Å². The number of hydrogen-bond donors (Lipinski definition) is 2. The van der Waals surface area contributed by atoms with Gasteiger partial charge in [0.1, 0.15) is 0 Å². The van der Waals surface area contributed by atoms with Gasteiger partial charge in [-0.1, -0.05) is 0 Å². The minimum absolute atomic E-state index is 0. The van der Waals surface area contributed by atoms with Crippen LogP contribution in [0.1, 0.15) is 5.71 Å². The third kappa shape index (κ3) is 9.84. The molecular formula is H10Mg2N2. The quantitative estimate of drug-likeness (QED) is 0.408. The van der Waals surface area contributed by atoms with Crippen molar-refractivity contribution in [2.45, 2.75) is 0 Å². The molecule has 4 heavy (non-hydrogen) atoms. The smallest absolute Gasteiger partial charge is 1.00 e. The summed E-state index contributed by atoms with van der Waals surface area (Å²) in [4.78, 5) is 0. The summed E-state index contributed by atoms with van der Waals surface area (Å²) < 4.78 is 0. The van der Waals surface area contributed by atoms with Crippen LogP contribution in [0.4, 0.5) is 0 Å². The van der Waals surface area contributed by atoms with E-state index in [9.17, 15) is 0 Å². The summed E-state index contributed by atoms with van der Waals surface area (Å²) in [5, 5.41) is 0. The molecule has 0 aliphatic heterocycles. The van der Waals surface area contributed by atoms with Crippen LogP contribution in [0.2, 0.25) is 0 Å². The number of rotatable bonds is 0. The van der Waals surface area contributed by atoms with Crippen molar-refractivity contribution in [1.82, 2.24) is 12.3 Å². The Morgan fingerprint density at radius 2 is 0.750 bits per heavy atom. The van der Waals surface area contributed by atoms with Crippen LogP contribution in [0.3, 0.4) is 0 Å². The molecule has 0 aromatic carbocycles. The summed E-state index contributed by atoms with van der Waals surface area (Å²) in [5.74, 6) is 0. The Balaban J connectivity index is 0. The van der Waals surface area contributed by atoms with Gasteiger partial charge in [0.25, 0.3) is 0 Å². The fourth-order valence-electron chi connectivity index (χ4n) is 0. The Hall–Kier alpha value is 1.45. The Morgan fingerprint density at radius 1 is 0.750 bits per heavy atom. The van der Waals surface area contributed by atoms with E-state index >= 15 is 0 Å². The van der Waals surface area contributed by atoms with E-state index in [1.165, 1.54) is 0 Å². The molecule has 2 nitrogen and oxygen atoms in total. The molecule has 0 amide bonds. The van der Waals surface area contributed by atoms with Crippen LogP contribution in [0.15, 0.2) is 0 Å². The van der Waals surface area contributed by atoms with Gasteiger partial charge in [0.2, 0.25) is 0 Å². The van der Waals surface area contributed by atoms with E-state index in [1.54, 1.807) is 0 Å². The molecule has 0 bridgehead atoms. The molecule has 0 atom stereocenters. The Bertz CT molecular complexity index is 12.0. The molecule has 6 N–H and O–H groups in total. The molecule has 0 unspecified atom stereocenters. The number of hydrogen-bond acceptors (Lipinski definition) is 2. The SMILES string of the molecule is N.N.[H-].[H-].[H-].[H-].[Mg+2].[Mg+2]. The largest absolute Gasteiger partial charge is 2.00 e. The van der Waals surface area contributed by atoms with Gasteiger partial charge < -0.3 is 18.0 Å². The van der Waals surface area contributed by atoms with Crippen molar-refractivity contribution >= 4 is 46.1 Å². The molecule has 0 fully saturated rings. The minimum Gasteiger partial charge on any atom is -1.00 e. The summed E-state index contributed by atoms with van der Waals surface area (Å²) in [7, 11) is 0. The van der Waals surface area contributed by atoms with Crippen LogP contribution < -0.4 is 12.3 Å². The van der Waals surface area contributed by atoms with E-state index in [-0.39, 0.29) is 64.1 Å². The molecule has 0 saturated heterocycles. The molecule has 0 aliphatic rings. The topological polar surface area (TPSA) is 70.0 Å². The van der Waals surface area contributed by atoms with Crippen molar-refractivity contribution in [2.24, 2.45) is 0 Å². The zero-order valence-electron chi connectivity index (χ0n) is 6.83. The molecular weight excluding hydrogens is 76.6 g/mol. The molecule has 0 heterocycles. The van der Waals surface area contributed by atoms with Crippen molar-refractivity contribution < 1.29 is 5.71 Å². The van der Waals surface area contributed by atoms with Gasteiger partial charge in [0.15, 0.2) is 0 Å². The van der Waals surface area contributed by atoms with Crippen LogP contribution in [0.5, 0.6) is 0 Å². The molecule has 0 radical (unpaired) electrons. The normalized spacial score (nSPS) is 0. The maximum absolute atomic E-state index is 0. The predicted octanol–water partition coefficient (Wildman–Crippen LogP) is 0.0124. The van der Waals surface area contributed by atoms with Gasteiger partial charge in [0.05, 0.1) is 0 Å². The minimum atomic E-state index is 0. The Labute approximate surface area is 64.1 Å². The predicted molar refractivity (Wildman–Crippen MR) is 26.0 cm³/mol. The standard InChI is InChI=1S/2Mg.2H3N.4H/h;;2*1H3;;;;/q2*+2;;;4*-1. The van der Waals surface area contributed by atoms with Crippen LogP contribution in [-0.4, -0.2) is 46.1 Å². The molecule has 0 rings (SSSR count). The first kappa shape index (κ1) is 51.2. The first-order valence-electron chi connectivity index (χ1n) is 0. The van der Waals surface area contributed by atoms with Gasteiger partial charge in [-0.15, -0.1) is 0 Å². The van der Waals surface area contributed by atoms with E-state index < -0.39 is 0 Å². The van der Waals surface area contributed by atoms with Gasteiger partial charge in [0, 0.05) is 0 Å². The average Bonchev–Trinajstić information content (AvgIpc) is 0. The molecule has 0 aromatic rings. The van der Waals surface area contributed by atoms with Gasteiger partial charge >= 0.3 is 46.1 Å². The molecule has 0 saturated carbocycles. The second kappa shape index (κ2) is 25.2. The first-order chi connectivity index (χ1) is 0. The average molecular weight is 86.7 g/mol. The molecule has 24 valence electrons. The van der Waals surface area contributed by atoms with Crippen molar-refractivity contribution in [2.75, 3.05) is 0 Å². The van der Waals surface area contributed by atoms with Gasteiger partial charge in [-0.25, -0.2) is 0 Å². The second-order valence-electron chi connectivity index (χ2n) is 0. The fraction of sp³-hybridized carbons (Fsp3) is 0. The van der Waals surface area contributed by atoms with Crippen molar-refractivity contribution in [3.8, 4) is 0 Å².